The predicted molar refractivity (Wildman–Crippen MR) is 254 cm³/mol. The van der Waals surface area contributed by atoms with Crippen LogP contribution in [0.1, 0.15) is 126 Å². The maximum absolute atomic E-state index is 5.85. The molecule has 3 aromatic carbocycles. The van der Waals surface area contributed by atoms with E-state index in [9.17, 15) is 0 Å². The van der Waals surface area contributed by atoms with E-state index in [2.05, 4.69) is 139 Å². The fraction of sp³-hybridized carbons (Fsp3) is 0.420. The number of thioether (sulfide) groups is 1. The first kappa shape index (κ1) is 54.8. The first-order chi connectivity index (χ1) is 25.9. The van der Waals surface area contributed by atoms with Gasteiger partial charge in [-0.3, -0.25) is 4.99 Å². The number of hydrogen-bond donors (Lipinski definition) is 0. The Labute approximate surface area is 344 Å². The van der Waals surface area contributed by atoms with Crippen molar-refractivity contribution in [3.8, 4) is 11.1 Å². The maximum atomic E-state index is 5.85. The van der Waals surface area contributed by atoms with Crippen LogP contribution >= 0.6 is 23.4 Å². The molecule has 0 atom stereocenters. The molecule has 0 radical (unpaired) electrons. The molecule has 300 valence electrons. The lowest BCUT2D eigenvalue weighted by Crippen LogP contribution is -2.18. The van der Waals surface area contributed by atoms with Crippen LogP contribution in [0.15, 0.2) is 143 Å². The van der Waals surface area contributed by atoms with E-state index < -0.39 is 0 Å². The average molecular weight is 774 g/mol. The van der Waals surface area contributed by atoms with Crippen molar-refractivity contribution in [3.63, 3.8) is 0 Å². The lowest BCUT2D eigenvalue weighted by molar-refractivity contribution is 0.535. The minimum absolute atomic E-state index is 0.741. The lowest BCUT2D eigenvalue weighted by atomic mass is 10.0. The molecule has 0 amide bonds. The highest BCUT2D eigenvalue weighted by Gasteiger charge is 2.10. The van der Waals surface area contributed by atoms with E-state index in [0.29, 0.717) is 0 Å². The molecular weight excluding hydrogens is 696 g/mol. The average Bonchev–Trinajstić information content (AvgIpc) is 3.18. The van der Waals surface area contributed by atoms with Gasteiger partial charge in [0.2, 0.25) is 0 Å². The normalized spacial score (nSPS) is 10.3. The van der Waals surface area contributed by atoms with Gasteiger partial charge in [0.1, 0.15) is 0 Å². The van der Waals surface area contributed by atoms with Gasteiger partial charge in [0.25, 0.3) is 0 Å². The van der Waals surface area contributed by atoms with Gasteiger partial charge in [-0.2, -0.15) is 0 Å². The SMILES string of the molecule is C=C(C)CN(/C=C(/C/C(C=NC)=C/C)C(=C)C)C(=C)SCc1ccccc1.CC.CCC.CCC.CCCC.CCc1ccc(-c2ccc(Cl)cc2)cc1. The molecule has 0 heterocycles. The molecule has 0 spiro atoms. The highest BCUT2D eigenvalue weighted by atomic mass is 35.5. The first-order valence-electron chi connectivity index (χ1n) is 20.0. The Morgan fingerprint density at radius 1 is 0.741 bits per heavy atom. The summed E-state index contributed by atoms with van der Waals surface area (Å²) in [5, 5.41) is 1.79. The maximum Gasteiger partial charge on any atom is 0.0680 e. The number of halogens is 1. The first-order valence-corrected chi connectivity index (χ1v) is 21.3. The number of rotatable bonds is 14. The van der Waals surface area contributed by atoms with Crippen molar-refractivity contribution in [2.45, 2.75) is 127 Å². The van der Waals surface area contributed by atoms with Gasteiger partial charge in [0.15, 0.2) is 0 Å². The molecule has 3 rings (SSSR count). The van der Waals surface area contributed by atoms with Crippen LogP contribution in [0.2, 0.25) is 5.02 Å². The van der Waals surface area contributed by atoms with E-state index in [1.807, 2.05) is 71.2 Å². The van der Waals surface area contributed by atoms with Crippen molar-refractivity contribution in [2.24, 2.45) is 4.99 Å². The Hall–Kier alpha value is -3.53. The number of nitrogens with zero attached hydrogens (tertiary/aromatic N) is 2. The van der Waals surface area contributed by atoms with Crippen molar-refractivity contribution >= 4 is 29.6 Å². The molecule has 0 fully saturated rings. The smallest absolute Gasteiger partial charge is 0.0680 e. The second-order valence-electron chi connectivity index (χ2n) is 12.6. The van der Waals surface area contributed by atoms with Crippen molar-refractivity contribution in [3.05, 3.63) is 154 Å². The molecule has 0 saturated heterocycles. The minimum Gasteiger partial charge on any atom is -0.339 e. The zero-order valence-electron chi connectivity index (χ0n) is 36.7. The quantitative estimate of drug-likeness (QED) is 0.0921. The number of aliphatic imine (C=N–C) groups is 1. The van der Waals surface area contributed by atoms with Crippen LogP contribution < -0.4 is 0 Å². The Morgan fingerprint density at radius 3 is 1.61 bits per heavy atom. The van der Waals surface area contributed by atoms with E-state index in [-0.39, 0.29) is 0 Å². The molecule has 0 saturated carbocycles. The minimum atomic E-state index is 0.741. The predicted octanol–water partition coefficient (Wildman–Crippen LogP) is 17.0. The number of hydrogen-bond acceptors (Lipinski definition) is 3. The van der Waals surface area contributed by atoms with E-state index in [4.69, 9.17) is 11.6 Å². The van der Waals surface area contributed by atoms with E-state index >= 15 is 0 Å². The zero-order valence-corrected chi connectivity index (χ0v) is 38.3. The standard InChI is InChI=1S/C24H32N2S.C14H13Cl.C4H10.2C3H8.C2H6/c1-8-22(15-25-7)14-24(20(4)5)17-26(16-19(2)3)21(6)27-18-23-12-10-9-11-13-23;1-2-11-3-5-12(6-4-11)13-7-9-14(15)10-8-13;1-3-4-2;2*1-3-2;1-2/h8-13,15,17H,2,4,6,14,16,18H2,1,3,5,7H3;3-10H,2H2,1H3;3-4H2,1-2H3;2*3H2,1-2H3;1-2H3/b22-8-,24-17-,25-15?;;;;;. The van der Waals surface area contributed by atoms with Crippen molar-refractivity contribution < 1.29 is 0 Å². The fourth-order valence-corrected chi connectivity index (χ4v) is 4.93. The van der Waals surface area contributed by atoms with Gasteiger partial charge in [-0.25, -0.2) is 0 Å². The van der Waals surface area contributed by atoms with Gasteiger partial charge < -0.3 is 4.90 Å². The van der Waals surface area contributed by atoms with Crippen LogP contribution in [0, 0.1) is 0 Å². The highest BCUT2D eigenvalue weighted by molar-refractivity contribution is 8.02. The summed E-state index contributed by atoms with van der Waals surface area (Å²) in [6.07, 6.45) is 13.2. The molecule has 0 N–H and O–H groups in total. The monoisotopic (exact) mass is 773 g/mol. The van der Waals surface area contributed by atoms with Crippen LogP contribution in [-0.4, -0.2) is 24.7 Å². The number of unbranched alkanes of at least 4 members (excludes halogenated alkanes) is 1. The molecule has 54 heavy (non-hydrogen) atoms. The van der Waals surface area contributed by atoms with Gasteiger partial charge in [0.05, 0.1) is 5.03 Å². The third-order valence-corrected chi connectivity index (χ3v) is 8.27. The van der Waals surface area contributed by atoms with E-state index in [1.54, 1.807) is 18.8 Å². The molecule has 0 aliphatic rings. The zero-order chi connectivity index (χ0) is 41.7. The fourth-order valence-electron chi connectivity index (χ4n) is 4.00. The summed E-state index contributed by atoms with van der Waals surface area (Å²) in [7, 11) is 1.79. The largest absolute Gasteiger partial charge is 0.339 e. The van der Waals surface area contributed by atoms with Gasteiger partial charge in [-0.05, 0) is 72.7 Å². The molecule has 0 aliphatic carbocycles. The highest BCUT2D eigenvalue weighted by Crippen LogP contribution is 2.27. The Morgan fingerprint density at radius 2 is 1.22 bits per heavy atom. The molecule has 4 heteroatoms. The Bertz CT molecular complexity index is 1440. The molecule has 0 aliphatic heterocycles. The number of benzene rings is 3. The molecule has 0 bridgehead atoms. The van der Waals surface area contributed by atoms with E-state index in [1.165, 1.54) is 59.1 Å². The second-order valence-corrected chi connectivity index (χ2v) is 14.1. The van der Waals surface area contributed by atoms with Crippen LogP contribution in [0.5, 0.6) is 0 Å². The summed E-state index contributed by atoms with van der Waals surface area (Å²) in [6.45, 7) is 38.4. The van der Waals surface area contributed by atoms with Crippen LogP contribution in [0.25, 0.3) is 11.1 Å². The summed E-state index contributed by atoms with van der Waals surface area (Å²) in [5.41, 5.74) is 9.59. The van der Waals surface area contributed by atoms with Crippen LogP contribution in [-0.2, 0) is 12.2 Å². The number of allylic oxidation sites excluding steroid dienone is 4. The van der Waals surface area contributed by atoms with Crippen LogP contribution in [0.3, 0.4) is 0 Å². The molecule has 0 aromatic heterocycles. The van der Waals surface area contributed by atoms with Crippen molar-refractivity contribution in [2.75, 3.05) is 13.6 Å². The summed E-state index contributed by atoms with van der Waals surface area (Å²) in [4.78, 5) is 6.32. The lowest BCUT2D eigenvalue weighted by Gasteiger charge is -2.24. The second kappa shape index (κ2) is 37.8. The van der Waals surface area contributed by atoms with Gasteiger partial charge in [-0.1, -0.05) is 203 Å². The molecule has 0 unspecified atom stereocenters. The summed E-state index contributed by atoms with van der Waals surface area (Å²) in [5.74, 6) is 0.894. The Kier molecular flexibility index (Phi) is 38.3. The molecule has 2 nitrogen and oxygen atoms in total. The topological polar surface area (TPSA) is 15.6 Å². The van der Waals surface area contributed by atoms with Gasteiger partial charge >= 0.3 is 0 Å². The number of aryl methyl sites for hydroxylation is 1. The van der Waals surface area contributed by atoms with Gasteiger partial charge in [0, 0.05) is 43.2 Å². The van der Waals surface area contributed by atoms with Crippen molar-refractivity contribution in [1.29, 1.82) is 0 Å². The third kappa shape index (κ3) is 28.9. The Balaban J connectivity index is -0.000000800. The summed E-state index contributed by atoms with van der Waals surface area (Å²) >= 11 is 7.59. The molecular formula is C50H77ClN2S. The third-order valence-electron chi connectivity index (χ3n) is 6.97. The van der Waals surface area contributed by atoms with E-state index in [0.717, 1.165) is 46.3 Å². The molecule has 3 aromatic rings. The van der Waals surface area contributed by atoms with Crippen molar-refractivity contribution in [1.82, 2.24) is 4.90 Å². The van der Waals surface area contributed by atoms with Gasteiger partial charge in [-0.15, -0.1) is 11.8 Å². The summed E-state index contributed by atoms with van der Waals surface area (Å²) in [6, 6.07) is 27.0. The summed E-state index contributed by atoms with van der Waals surface area (Å²) < 4.78 is 0. The van der Waals surface area contributed by atoms with Crippen LogP contribution in [0.4, 0.5) is 0 Å².